The van der Waals surface area contributed by atoms with E-state index in [0.717, 1.165) is 38.9 Å². The molecular formula is C44H39N5O6. The molecule has 55 heavy (non-hydrogen) atoms. The van der Waals surface area contributed by atoms with Gasteiger partial charge in [0.25, 0.3) is 0 Å². The maximum Gasteiger partial charge on any atom is 0.407 e. The van der Waals surface area contributed by atoms with Gasteiger partial charge in [-0.2, -0.15) is 0 Å². The highest BCUT2D eigenvalue weighted by Crippen LogP contribution is 2.44. The topological polar surface area (TPSA) is 152 Å². The fraction of sp³-hybridized carbons (Fsp3) is 0.159. The van der Waals surface area contributed by atoms with E-state index in [1.165, 1.54) is 0 Å². The van der Waals surface area contributed by atoms with E-state index in [1.54, 1.807) is 6.33 Å². The van der Waals surface area contributed by atoms with E-state index in [2.05, 4.69) is 52.3 Å². The van der Waals surface area contributed by atoms with Crippen LogP contribution in [0.15, 0.2) is 152 Å². The third kappa shape index (κ3) is 7.72. The lowest BCUT2D eigenvalue weighted by molar-refractivity contribution is -0.137. The minimum atomic E-state index is -1.22. The van der Waals surface area contributed by atoms with Gasteiger partial charge in [-0.05, 0) is 38.9 Å². The number of ether oxygens (including phenoxy) is 1. The van der Waals surface area contributed by atoms with Crippen molar-refractivity contribution >= 4 is 23.9 Å². The lowest BCUT2D eigenvalue weighted by Crippen LogP contribution is -2.50. The van der Waals surface area contributed by atoms with Gasteiger partial charge in [0, 0.05) is 18.5 Å². The molecule has 1 atom stereocenters. The van der Waals surface area contributed by atoms with Gasteiger partial charge in [-0.3, -0.25) is 14.4 Å². The second-order valence-corrected chi connectivity index (χ2v) is 13.2. The largest absolute Gasteiger partial charge is 0.480 e. The summed E-state index contributed by atoms with van der Waals surface area (Å²) in [6.07, 6.45) is 2.70. The van der Waals surface area contributed by atoms with Crippen molar-refractivity contribution in [2.75, 3.05) is 19.7 Å². The Morgan fingerprint density at radius 3 is 1.73 bits per heavy atom. The second kappa shape index (κ2) is 16.3. The van der Waals surface area contributed by atoms with Gasteiger partial charge in [0.2, 0.25) is 11.8 Å². The van der Waals surface area contributed by atoms with Gasteiger partial charge in [0.05, 0.1) is 18.6 Å². The number of nitrogens with one attached hydrogen (secondary N) is 3. The highest BCUT2D eigenvalue weighted by Gasteiger charge is 2.39. The Bertz CT molecular complexity index is 2150. The van der Waals surface area contributed by atoms with Crippen molar-refractivity contribution in [3.05, 3.63) is 186 Å². The van der Waals surface area contributed by atoms with Crippen LogP contribution in [0.25, 0.3) is 11.1 Å². The Labute approximate surface area is 318 Å². The Balaban J connectivity index is 1.17. The smallest absolute Gasteiger partial charge is 0.407 e. The molecule has 3 amide bonds. The number of fused-ring (bicyclic) bond motifs is 3. The molecule has 0 saturated carbocycles. The van der Waals surface area contributed by atoms with Gasteiger partial charge in [-0.15, -0.1) is 0 Å². The highest BCUT2D eigenvalue weighted by atomic mass is 16.5. The van der Waals surface area contributed by atoms with Gasteiger partial charge in [-0.25, -0.2) is 9.78 Å². The predicted octanol–water partition coefficient (Wildman–Crippen LogP) is 5.49. The molecule has 0 saturated heterocycles. The number of alkyl carbamates (subject to hydrolysis) is 1. The minimum Gasteiger partial charge on any atom is -0.480 e. The maximum absolute atomic E-state index is 13.7. The van der Waals surface area contributed by atoms with E-state index in [-0.39, 0.29) is 18.9 Å². The molecule has 1 aliphatic carbocycles. The zero-order valence-electron chi connectivity index (χ0n) is 29.8. The molecular weight excluding hydrogens is 695 g/mol. The molecule has 4 N–H and O–H groups in total. The molecule has 11 heteroatoms. The molecule has 6 aromatic rings. The van der Waals surface area contributed by atoms with Crippen molar-refractivity contribution in [2.45, 2.75) is 23.9 Å². The first-order valence-corrected chi connectivity index (χ1v) is 17.9. The molecule has 11 nitrogen and oxygen atoms in total. The Morgan fingerprint density at radius 1 is 0.691 bits per heavy atom. The van der Waals surface area contributed by atoms with Crippen LogP contribution < -0.4 is 16.0 Å². The molecule has 5 aromatic carbocycles. The average molecular weight is 734 g/mol. The van der Waals surface area contributed by atoms with E-state index in [9.17, 15) is 19.2 Å². The standard InChI is InChI=1S/C44H39N5O6/c50-40(45-26-41(51)52)25-46-42(53)39(48-43(54)55-28-38-36-22-12-10-20-34(36)35-21-11-13-23-37(35)38)24-33-27-49(29-47-33)44(30-14-4-1-5-15-30,31-16-6-2-7-17-31)32-18-8-3-9-19-32/h1-23,27,29,38-39H,24-26,28H2,(H,45,50)(H,46,53)(H,48,54)(H,51,52)/t39-/m0/s1. The quantitative estimate of drug-likeness (QED) is 0.108. The molecule has 0 spiro atoms. The van der Waals surface area contributed by atoms with Crippen molar-refractivity contribution in [1.82, 2.24) is 25.5 Å². The monoisotopic (exact) mass is 733 g/mol. The number of amides is 3. The van der Waals surface area contributed by atoms with Crippen LogP contribution in [0.1, 0.15) is 39.4 Å². The number of hydrogen-bond acceptors (Lipinski definition) is 6. The van der Waals surface area contributed by atoms with Crippen molar-refractivity contribution < 1.29 is 29.0 Å². The number of carbonyl (C=O) groups excluding carboxylic acids is 3. The molecule has 0 bridgehead atoms. The van der Waals surface area contributed by atoms with Gasteiger partial charge < -0.3 is 30.4 Å². The average Bonchev–Trinajstić information content (AvgIpc) is 3.82. The number of carboxylic acid groups (broad SMARTS) is 1. The van der Waals surface area contributed by atoms with Crippen LogP contribution in [0.2, 0.25) is 0 Å². The van der Waals surface area contributed by atoms with Gasteiger partial charge in [0.15, 0.2) is 0 Å². The molecule has 1 aliphatic rings. The van der Waals surface area contributed by atoms with Crippen LogP contribution >= 0.6 is 0 Å². The first-order chi connectivity index (χ1) is 26.8. The van der Waals surface area contributed by atoms with Crippen LogP contribution in [0.4, 0.5) is 4.79 Å². The van der Waals surface area contributed by atoms with Crippen LogP contribution in [0, 0.1) is 0 Å². The highest BCUT2D eigenvalue weighted by molar-refractivity contribution is 5.90. The van der Waals surface area contributed by atoms with Crippen molar-refractivity contribution in [1.29, 1.82) is 0 Å². The molecule has 276 valence electrons. The summed E-state index contributed by atoms with van der Waals surface area (Å²) in [4.78, 5) is 55.1. The SMILES string of the molecule is O=C(O)CNC(=O)CNC(=O)[C@H](Cc1cn(C(c2ccccc2)(c2ccccc2)c2ccccc2)cn1)NC(=O)OCC1c2ccccc2-c2ccccc21. The minimum absolute atomic E-state index is 0.0359. The molecule has 0 unspecified atom stereocenters. The Hall–Kier alpha value is -7.01. The molecule has 7 rings (SSSR count). The summed E-state index contributed by atoms with van der Waals surface area (Å²) in [6, 6.07) is 44.9. The van der Waals surface area contributed by atoms with E-state index < -0.39 is 48.5 Å². The van der Waals surface area contributed by atoms with Gasteiger partial charge >= 0.3 is 12.1 Å². The Kier molecular flexibility index (Phi) is 10.8. The summed E-state index contributed by atoms with van der Waals surface area (Å²) in [6.45, 7) is -1.06. The summed E-state index contributed by atoms with van der Waals surface area (Å²) in [5.74, 6) is -2.78. The van der Waals surface area contributed by atoms with E-state index in [4.69, 9.17) is 14.8 Å². The number of imidazole rings is 1. The number of carbonyl (C=O) groups is 4. The number of aliphatic carboxylic acids is 1. The first kappa shape index (κ1) is 36.4. The summed E-state index contributed by atoms with van der Waals surface area (Å²) in [5, 5.41) is 16.4. The molecule has 1 heterocycles. The van der Waals surface area contributed by atoms with Crippen LogP contribution in [0.5, 0.6) is 0 Å². The van der Waals surface area contributed by atoms with Crippen molar-refractivity contribution in [2.24, 2.45) is 0 Å². The van der Waals surface area contributed by atoms with Crippen molar-refractivity contribution in [3.8, 4) is 11.1 Å². The number of nitrogens with zero attached hydrogens (tertiary/aromatic N) is 2. The lowest BCUT2D eigenvalue weighted by atomic mass is 9.77. The number of benzene rings is 5. The number of carboxylic acids is 1. The normalized spacial score (nSPS) is 12.5. The van der Waals surface area contributed by atoms with Crippen LogP contribution in [-0.2, 0) is 31.1 Å². The summed E-state index contributed by atoms with van der Waals surface area (Å²) >= 11 is 0. The maximum atomic E-state index is 13.7. The number of hydrogen-bond donors (Lipinski definition) is 4. The fourth-order valence-corrected chi connectivity index (χ4v) is 7.37. The number of aromatic nitrogens is 2. The first-order valence-electron chi connectivity index (χ1n) is 17.9. The third-order valence-electron chi connectivity index (χ3n) is 9.82. The van der Waals surface area contributed by atoms with Crippen LogP contribution in [-0.4, -0.2) is 64.3 Å². The molecule has 1 aromatic heterocycles. The van der Waals surface area contributed by atoms with Gasteiger partial charge in [0.1, 0.15) is 24.7 Å². The second-order valence-electron chi connectivity index (χ2n) is 13.2. The zero-order valence-corrected chi connectivity index (χ0v) is 29.8. The van der Waals surface area contributed by atoms with Crippen LogP contribution in [0.3, 0.4) is 0 Å². The van der Waals surface area contributed by atoms with E-state index >= 15 is 0 Å². The molecule has 0 radical (unpaired) electrons. The number of rotatable bonds is 14. The zero-order chi connectivity index (χ0) is 38.2. The summed E-state index contributed by atoms with van der Waals surface area (Å²) in [5.41, 5.74) is 6.83. The molecule has 0 fully saturated rings. The third-order valence-corrected chi connectivity index (χ3v) is 9.82. The van der Waals surface area contributed by atoms with Crippen molar-refractivity contribution in [3.63, 3.8) is 0 Å². The molecule has 0 aliphatic heterocycles. The summed E-state index contributed by atoms with van der Waals surface area (Å²) in [7, 11) is 0. The summed E-state index contributed by atoms with van der Waals surface area (Å²) < 4.78 is 7.79. The predicted molar refractivity (Wildman–Crippen MR) is 206 cm³/mol. The van der Waals surface area contributed by atoms with Gasteiger partial charge in [-0.1, -0.05) is 140 Å². The van der Waals surface area contributed by atoms with E-state index in [1.807, 2.05) is 114 Å². The fourth-order valence-electron chi connectivity index (χ4n) is 7.37. The Morgan fingerprint density at radius 2 is 1.20 bits per heavy atom. The van der Waals surface area contributed by atoms with E-state index in [0.29, 0.717) is 5.69 Å². The lowest BCUT2D eigenvalue weighted by Gasteiger charge is -2.37.